The third-order valence-corrected chi connectivity index (χ3v) is 4.60. The maximum atomic E-state index is 12.1. The highest BCUT2D eigenvalue weighted by Gasteiger charge is 2.26. The summed E-state index contributed by atoms with van der Waals surface area (Å²) in [5.41, 5.74) is 1.03. The van der Waals surface area contributed by atoms with Gasteiger partial charge in [0.2, 0.25) is 5.91 Å². The molecule has 0 radical (unpaired) electrons. The van der Waals surface area contributed by atoms with Gasteiger partial charge in [-0.1, -0.05) is 56.0 Å². The maximum Gasteiger partial charge on any atom is 0.310 e. The summed E-state index contributed by atoms with van der Waals surface area (Å²) in [5.74, 6) is -0.0988. The van der Waals surface area contributed by atoms with Gasteiger partial charge in [-0.15, -0.1) is 0 Å². The van der Waals surface area contributed by atoms with Crippen LogP contribution in [-0.4, -0.2) is 31.6 Å². The second-order valence-electron chi connectivity index (χ2n) is 6.62. The normalized spacial score (nSPS) is 15.7. The van der Waals surface area contributed by atoms with Gasteiger partial charge < -0.3 is 14.8 Å². The fourth-order valence-electron chi connectivity index (χ4n) is 3.30. The van der Waals surface area contributed by atoms with E-state index < -0.39 is 0 Å². The van der Waals surface area contributed by atoms with E-state index in [1.807, 2.05) is 30.3 Å². The SMILES string of the molecule is CCOC(=O)C(CNC(=O)COCc1ccccc1)CC1CCCC1. The molecule has 1 atom stereocenters. The van der Waals surface area contributed by atoms with Crippen LogP contribution in [0.5, 0.6) is 0 Å². The van der Waals surface area contributed by atoms with Gasteiger partial charge >= 0.3 is 5.97 Å². The first-order valence-corrected chi connectivity index (χ1v) is 9.24. The standard InChI is InChI=1S/C20H29NO4/c1-2-25-20(23)18(12-16-8-6-7-9-16)13-21-19(22)15-24-14-17-10-4-3-5-11-17/h3-5,10-11,16,18H,2,6-9,12-15H2,1H3,(H,21,22). The summed E-state index contributed by atoms with van der Waals surface area (Å²) in [6.45, 7) is 2.89. The van der Waals surface area contributed by atoms with Crippen LogP contribution >= 0.6 is 0 Å². The number of rotatable bonds is 10. The Morgan fingerprint density at radius 3 is 2.60 bits per heavy atom. The summed E-state index contributed by atoms with van der Waals surface area (Å²) >= 11 is 0. The summed E-state index contributed by atoms with van der Waals surface area (Å²) in [5, 5.41) is 2.82. The van der Waals surface area contributed by atoms with E-state index in [-0.39, 0.29) is 24.4 Å². The monoisotopic (exact) mass is 347 g/mol. The molecule has 0 aliphatic heterocycles. The van der Waals surface area contributed by atoms with E-state index in [2.05, 4.69) is 5.32 Å². The van der Waals surface area contributed by atoms with Crippen molar-refractivity contribution in [3.05, 3.63) is 35.9 Å². The number of nitrogens with one attached hydrogen (secondary N) is 1. The van der Waals surface area contributed by atoms with E-state index in [9.17, 15) is 9.59 Å². The van der Waals surface area contributed by atoms with Crippen molar-refractivity contribution < 1.29 is 19.1 Å². The van der Waals surface area contributed by atoms with E-state index in [1.165, 1.54) is 25.7 Å². The molecule has 0 heterocycles. The number of hydrogen-bond donors (Lipinski definition) is 1. The van der Waals surface area contributed by atoms with Crippen molar-refractivity contribution in [1.82, 2.24) is 5.32 Å². The molecule has 5 nitrogen and oxygen atoms in total. The number of esters is 1. The molecule has 1 saturated carbocycles. The van der Waals surface area contributed by atoms with Gasteiger partial charge in [-0.25, -0.2) is 0 Å². The molecule has 0 spiro atoms. The predicted octanol–water partition coefficient (Wildman–Crippen LogP) is 3.08. The molecule has 0 saturated heterocycles. The zero-order valence-corrected chi connectivity index (χ0v) is 15.0. The molecule has 138 valence electrons. The third-order valence-electron chi connectivity index (χ3n) is 4.60. The molecule has 1 N–H and O–H groups in total. The number of carbonyl (C=O) groups excluding carboxylic acids is 2. The molecule has 0 aromatic heterocycles. The fraction of sp³-hybridized carbons (Fsp3) is 0.600. The van der Waals surface area contributed by atoms with Crippen LogP contribution in [0, 0.1) is 11.8 Å². The molecule has 1 fully saturated rings. The molecule has 1 aliphatic rings. The molecular weight excluding hydrogens is 318 g/mol. The van der Waals surface area contributed by atoms with Gasteiger partial charge in [0.1, 0.15) is 6.61 Å². The zero-order chi connectivity index (χ0) is 17.9. The van der Waals surface area contributed by atoms with Crippen molar-refractivity contribution in [1.29, 1.82) is 0 Å². The molecule has 1 amide bonds. The van der Waals surface area contributed by atoms with E-state index in [4.69, 9.17) is 9.47 Å². The Kier molecular flexibility index (Phi) is 8.46. The highest BCUT2D eigenvalue weighted by molar-refractivity contribution is 5.78. The van der Waals surface area contributed by atoms with Crippen molar-refractivity contribution in [2.75, 3.05) is 19.8 Å². The number of hydrogen-bond acceptors (Lipinski definition) is 4. The Morgan fingerprint density at radius 2 is 1.92 bits per heavy atom. The molecule has 25 heavy (non-hydrogen) atoms. The Balaban J connectivity index is 1.71. The lowest BCUT2D eigenvalue weighted by Gasteiger charge is -2.19. The molecule has 1 aromatic rings. The number of carbonyl (C=O) groups is 2. The first-order chi connectivity index (χ1) is 12.2. The minimum atomic E-state index is -0.263. The summed E-state index contributed by atoms with van der Waals surface area (Å²) in [6, 6.07) is 9.72. The minimum Gasteiger partial charge on any atom is -0.466 e. The topological polar surface area (TPSA) is 64.6 Å². The lowest BCUT2D eigenvalue weighted by Crippen LogP contribution is -2.36. The van der Waals surface area contributed by atoms with Crippen LogP contribution < -0.4 is 5.32 Å². The zero-order valence-electron chi connectivity index (χ0n) is 15.0. The van der Waals surface area contributed by atoms with Crippen molar-refractivity contribution in [3.8, 4) is 0 Å². The fourth-order valence-corrected chi connectivity index (χ4v) is 3.30. The minimum absolute atomic E-state index is 0.00608. The predicted molar refractivity (Wildman–Crippen MR) is 95.8 cm³/mol. The Labute approximate surface area is 150 Å². The van der Waals surface area contributed by atoms with Gasteiger partial charge in [0, 0.05) is 6.54 Å². The van der Waals surface area contributed by atoms with Crippen LogP contribution in [0.25, 0.3) is 0 Å². The highest BCUT2D eigenvalue weighted by atomic mass is 16.5. The summed E-state index contributed by atoms with van der Waals surface area (Å²) < 4.78 is 10.6. The summed E-state index contributed by atoms with van der Waals surface area (Å²) in [7, 11) is 0. The lowest BCUT2D eigenvalue weighted by molar-refractivity contribution is -0.148. The molecule has 0 bridgehead atoms. The van der Waals surface area contributed by atoms with Gasteiger partial charge in [-0.05, 0) is 24.8 Å². The van der Waals surface area contributed by atoms with Crippen LogP contribution in [-0.2, 0) is 25.7 Å². The second kappa shape index (κ2) is 10.9. The average molecular weight is 347 g/mol. The molecule has 1 aliphatic carbocycles. The molecular formula is C20H29NO4. The Morgan fingerprint density at radius 1 is 1.20 bits per heavy atom. The van der Waals surface area contributed by atoms with Gasteiger partial charge in [0.05, 0.1) is 19.1 Å². The van der Waals surface area contributed by atoms with Gasteiger partial charge in [0.15, 0.2) is 0 Å². The third kappa shape index (κ3) is 7.26. The first-order valence-electron chi connectivity index (χ1n) is 9.24. The van der Waals surface area contributed by atoms with Crippen molar-refractivity contribution in [2.45, 2.75) is 45.6 Å². The van der Waals surface area contributed by atoms with Crippen LogP contribution in [0.2, 0.25) is 0 Å². The molecule has 2 rings (SSSR count). The number of ether oxygens (including phenoxy) is 2. The summed E-state index contributed by atoms with van der Waals surface area (Å²) in [6.07, 6.45) is 5.61. The Bertz CT molecular complexity index is 526. The average Bonchev–Trinajstić information content (AvgIpc) is 3.13. The molecule has 1 aromatic carbocycles. The van der Waals surface area contributed by atoms with E-state index in [1.54, 1.807) is 6.92 Å². The van der Waals surface area contributed by atoms with Gasteiger partial charge in [0.25, 0.3) is 0 Å². The van der Waals surface area contributed by atoms with E-state index in [0.717, 1.165) is 12.0 Å². The van der Waals surface area contributed by atoms with Crippen molar-refractivity contribution in [2.24, 2.45) is 11.8 Å². The number of amides is 1. The molecule has 5 heteroatoms. The highest BCUT2D eigenvalue weighted by Crippen LogP contribution is 2.30. The summed E-state index contributed by atoms with van der Waals surface area (Å²) in [4.78, 5) is 24.1. The first kappa shape index (κ1) is 19.4. The second-order valence-corrected chi connectivity index (χ2v) is 6.62. The van der Waals surface area contributed by atoms with Gasteiger partial charge in [-0.2, -0.15) is 0 Å². The lowest BCUT2D eigenvalue weighted by atomic mass is 9.93. The van der Waals surface area contributed by atoms with Gasteiger partial charge in [-0.3, -0.25) is 9.59 Å². The number of benzene rings is 1. The van der Waals surface area contributed by atoms with E-state index in [0.29, 0.717) is 25.7 Å². The quantitative estimate of drug-likeness (QED) is 0.661. The molecule has 1 unspecified atom stereocenters. The van der Waals surface area contributed by atoms with Crippen LogP contribution in [0.15, 0.2) is 30.3 Å². The van der Waals surface area contributed by atoms with E-state index >= 15 is 0 Å². The maximum absolute atomic E-state index is 12.1. The Hall–Kier alpha value is -1.88. The van der Waals surface area contributed by atoms with Crippen LogP contribution in [0.4, 0.5) is 0 Å². The van der Waals surface area contributed by atoms with Crippen molar-refractivity contribution in [3.63, 3.8) is 0 Å². The van der Waals surface area contributed by atoms with Crippen LogP contribution in [0.1, 0.15) is 44.6 Å². The van der Waals surface area contributed by atoms with Crippen molar-refractivity contribution >= 4 is 11.9 Å². The largest absolute Gasteiger partial charge is 0.466 e. The van der Waals surface area contributed by atoms with Crippen LogP contribution in [0.3, 0.4) is 0 Å². The smallest absolute Gasteiger partial charge is 0.310 e.